The number of ether oxygens (including phenoxy) is 1. The number of hydrogen-bond acceptors (Lipinski definition) is 4. The van der Waals surface area contributed by atoms with Gasteiger partial charge in [0.1, 0.15) is 17.1 Å². The summed E-state index contributed by atoms with van der Waals surface area (Å²) in [5.41, 5.74) is -0.952. The maximum absolute atomic E-state index is 13.1. The third-order valence-electron chi connectivity index (χ3n) is 3.35. The molecule has 0 spiro atoms. The summed E-state index contributed by atoms with van der Waals surface area (Å²) < 4.78 is 56.9. The normalized spacial score (nSPS) is 11.1. The summed E-state index contributed by atoms with van der Waals surface area (Å²) in [4.78, 5) is 19.8. The Kier molecular flexibility index (Phi) is 5.02. The lowest BCUT2D eigenvalue weighted by molar-refractivity contribution is -0.137. The first-order valence-electron chi connectivity index (χ1n) is 7.57. The van der Waals surface area contributed by atoms with Gasteiger partial charge in [-0.15, -0.1) is 0 Å². The number of aromatic nitrogens is 2. The van der Waals surface area contributed by atoms with Crippen molar-refractivity contribution in [2.75, 3.05) is 5.32 Å². The predicted molar refractivity (Wildman–Crippen MR) is 87.9 cm³/mol. The number of nitrogens with one attached hydrogen (secondary N) is 1. The number of hydrogen-bond donors (Lipinski definition) is 1. The van der Waals surface area contributed by atoms with E-state index < -0.39 is 23.6 Å². The third-order valence-corrected chi connectivity index (χ3v) is 3.35. The summed E-state index contributed by atoms with van der Waals surface area (Å²) in [5, 5.41) is 2.37. The van der Waals surface area contributed by atoms with Gasteiger partial charge >= 0.3 is 6.18 Å². The molecule has 138 valence electrons. The fourth-order valence-corrected chi connectivity index (χ4v) is 2.15. The van der Waals surface area contributed by atoms with Gasteiger partial charge in [-0.3, -0.25) is 4.79 Å². The van der Waals surface area contributed by atoms with Gasteiger partial charge in [-0.25, -0.2) is 9.97 Å². The van der Waals surface area contributed by atoms with Crippen LogP contribution in [0.3, 0.4) is 0 Å². The van der Waals surface area contributed by atoms with Crippen molar-refractivity contribution in [3.63, 3.8) is 0 Å². The van der Waals surface area contributed by atoms with E-state index in [9.17, 15) is 22.4 Å². The van der Waals surface area contributed by atoms with Crippen LogP contribution in [0.25, 0.3) is 0 Å². The molecule has 0 atom stereocenters. The number of halogens is 4. The van der Waals surface area contributed by atoms with Gasteiger partial charge in [-0.05, 0) is 42.5 Å². The average molecular weight is 377 g/mol. The van der Waals surface area contributed by atoms with Gasteiger partial charge in [0.2, 0.25) is 11.8 Å². The van der Waals surface area contributed by atoms with Crippen molar-refractivity contribution in [2.45, 2.75) is 6.18 Å². The maximum Gasteiger partial charge on any atom is 0.416 e. The number of benzene rings is 1. The number of alkyl halides is 3. The molecule has 9 heteroatoms. The molecule has 3 aromatic rings. The van der Waals surface area contributed by atoms with E-state index in [0.717, 1.165) is 18.2 Å². The van der Waals surface area contributed by atoms with E-state index in [-0.39, 0.29) is 23.0 Å². The number of rotatable bonds is 4. The predicted octanol–water partition coefficient (Wildman–Crippen LogP) is 4.68. The Bertz CT molecular complexity index is 977. The van der Waals surface area contributed by atoms with Gasteiger partial charge in [-0.2, -0.15) is 17.6 Å². The van der Waals surface area contributed by atoms with E-state index >= 15 is 0 Å². The minimum atomic E-state index is -4.53. The molecule has 0 aliphatic carbocycles. The Hall–Kier alpha value is -3.49. The van der Waals surface area contributed by atoms with E-state index in [2.05, 4.69) is 15.3 Å². The highest BCUT2D eigenvalue weighted by Gasteiger charge is 2.30. The van der Waals surface area contributed by atoms with Gasteiger partial charge in [0.15, 0.2) is 0 Å². The first-order valence-corrected chi connectivity index (χ1v) is 7.57. The van der Waals surface area contributed by atoms with E-state index in [1.54, 1.807) is 0 Å². The molecule has 3 rings (SSSR count). The molecule has 5 nitrogen and oxygen atoms in total. The molecule has 0 fully saturated rings. The molecule has 0 saturated heterocycles. The molecule has 0 radical (unpaired) electrons. The number of nitrogens with zero attached hydrogens (tertiary/aromatic N) is 2. The van der Waals surface area contributed by atoms with Crippen LogP contribution in [-0.4, -0.2) is 15.9 Å². The fourth-order valence-electron chi connectivity index (χ4n) is 2.15. The highest BCUT2D eigenvalue weighted by Crippen LogP contribution is 2.33. The fraction of sp³-hybridized carbons (Fsp3) is 0.0556. The average Bonchev–Trinajstić information content (AvgIpc) is 2.62. The number of carbonyl (C=O) groups excluding carboxylic acids is 1. The molecule has 0 saturated carbocycles. The number of amides is 1. The van der Waals surface area contributed by atoms with E-state index in [1.807, 2.05) is 0 Å². The standard InChI is InChI=1S/C18H11F4N3O2/c19-14-7-2-8-15(24-14)25-16(26)13-6-3-9-23-17(13)27-12-5-1-4-11(10-12)18(20,21)22/h1-10H,(H,24,25,26). The zero-order valence-corrected chi connectivity index (χ0v) is 13.5. The van der Waals surface area contributed by atoms with Crippen molar-refractivity contribution >= 4 is 11.7 Å². The van der Waals surface area contributed by atoms with Crippen LogP contribution in [0, 0.1) is 5.95 Å². The van der Waals surface area contributed by atoms with Crippen molar-refractivity contribution in [3.8, 4) is 11.6 Å². The summed E-state index contributed by atoms with van der Waals surface area (Å²) in [6.07, 6.45) is -3.22. The molecular weight excluding hydrogens is 366 g/mol. The first kappa shape index (κ1) is 18.3. The maximum atomic E-state index is 13.1. The molecule has 27 heavy (non-hydrogen) atoms. The van der Waals surface area contributed by atoms with Crippen molar-refractivity contribution < 1.29 is 27.1 Å². The Labute approximate surface area is 150 Å². The van der Waals surface area contributed by atoms with E-state index in [0.29, 0.717) is 0 Å². The van der Waals surface area contributed by atoms with Crippen LogP contribution in [0.2, 0.25) is 0 Å². The summed E-state index contributed by atoms with van der Waals surface area (Å²) in [5.74, 6) is -1.86. The van der Waals surface area contributed by atoms with Crippen LogP contribution in [0.4, 0.5) is 23.4 Å². The molecular formula is C18H11F4N3O2. The largest absolute Gasteiger partial charge is 0.438 e. The molecule has 1 amide bonds. The van der Waals surface area contributed by atoms with Crippen LogP contribution in [0.15, 0.2) is 60.8 Å². The van der Waals surface area contributed by atoms with Crippen molar-refractivity contribution in [1.82, 2.24) is 9.97 Å². The quantitative estimate of drug-likeness (QED) is 0.530. The van der Waals surface area contributed by atoms with Crippen LogP contribution in [0.5, 0.6) is 11.6 Å². The van der Waals surface area contributed by atoms with E-state index in [4.69, 9.17) is 4.74 Å². The molecule has 1 N–H and O–H groups in total. The zero-order valence-electron chi connectivity index (χ0n) is 13.5. The van der Waals surface area contributed by atoms with Crippen molar-refractivity contribution in [1.29, 1.82) is 0 Å². The molecule has 0 bridgehead atoms. The monoisotopic (exact) mass is 377 g/mol. The lowest BCUT2D eigenvalue weighted by Gasteiger charge is -2.12. The second-order valence-electron chi connectivity index (χ2n) is 5.28. The lowest BCUT2D eigenvalue weighted by Crippen LogP contribution is -2.15. The molecule has 1 aromatic carbocycles. The number of pyridine rings is 2. The zero-order chi connectivity index (χ0) is 19.4. The van der Waals surface area contributed by atoms with Crippen molar-refractivity contribution in [2.24, 2.45) is 0 Å². The van der Waals surface area contributed by atoms with Crippen LogP contribution in [-0.2, 0) is 6.18 Å². The van der Waals surface area contributed by atoms with Gasteiger partial charge in [0.25, 0.3) is 5.91 Å². The Morgan fingerprint density at radius 2 is 1.81 bits per heavy atom. The van der Waals surface area contributed by atoms with Gasteiger partial charge < -0.3 is 10.1 Å². The van der Waals surface area contributed by atoms with Crippen LogP contribution >= 0.6 is 0 Å². The van der Waals surface area contributed by atoms with Gasteiger partial charge in [-0.1, -0.05) is 12.1 Å². The Morgan fingerprint density at radius 3 is 2.56 bits per heavy atom. The van der Waals surface area contributed by atoms with Crippen molar-refractivity contribution in [3.05, 3.63) is 77.9 Å². The molecule has 2 heterocycles. The highest BCUT2D eigenvalue weighted by atomic mass is 19.4. The van der Waals surface area contributed by atoms with Gasteiger partial charge in [0.05, 0.1) is 5.56 Å². The number of anilines is 1. The minimum Gasteiger partial charge on any atom is -0.438 e. The summed E-state index contributed by atoms with van der Waals surface area (Å²) >= 11 is 0. The number of carbonyl (C=O) groups is 1. The second kappa shape index (κ2) is 7.40. The van der Waals surface area contributed by atoms with E-state index in [1.165, 1.54) is 42.6 Å². The van der Waals surface area contributed by atoms with Gasteiger partial charge in [0, 0.05) is 6.20 Å². The third kappa shape index (κ3) is 4.57. The first-order chi connectivity index (χ1) is 12.8. The summed E-state index contributed by atoms with van der Waals surface area (Å²) in [7, 11) is 0. The molecule has 0 aliphatic heterocycles. The minimum absolute atomic E-state index is 0.0335. The summed E-state index contributed by atoms with van der Waals surface area (Å²) in [6, 6.07) is 10.8. The van der Waals surface area contributed by atoms with Crippen LogP contribution in [0.1, 0.15) is 15.9 Å². The molecule has 2 aromatic heterocycles. The Balaban J connectivity index is 1.85. The molecule has 0 unspecified atom stereocenters. The van der Waals surface area contributed by atoms with Crippen LogP contribution < -0.4 is 10.1 Å². The topological polar surface area (TPSA) is 64.1 Å². The highest BCUT2D eigenvalue weighted by molar-refractivity contribution is 6.05. The summed E-state index contributed by atoms with van der Waals surface area (Å²) in [6.45, 7) is 0. The SMILES string of the molecule is O=C(Nc1cccc(F)n1)c1cccnc1Oc1cccc(C(F)(F)F)c1. The molecule has 0 aliphatic rings. The Morgan fingerprint density at radius 1 is 1.04 bits per heavy atom. The smallest absolute Gasteiger partial charge is 0.416 e. The second-order valence-corrected chi connectivity index (χ2v) is 5.28. The lowest BCUT2D eigenvalue weighted by atomic mass is 10.2.